The third-order valence-electron chi connectivity index (χ3n) is 3.21. The third-order valence-corrected chi connectivity index (χ3v) is 3.21. The molecule has 6 heteroatoms. The summed E-state index contributed by atoms with van der Waals surface area (Å²) in [7, 11) is 1.65. The maximum absolute atomic E-state index is 12.3. The number of nitrogens with zero attached hydrogens (tertiary/aromatic N) is 1. The summed E-state index contributed by atoms with van der Waals surface area (Å²) in [5, 5.41) is 2.77. The second-order valence-electron chi connectivity index (χ2n) is 6.09. The molecule has 0 aromatic rings. The third kappa shape index (κ3) is 5.09. The summed E-state index contributed by atoms with van der Waals surface area (Å²) in [5.74, 6) is -0.138. The Kier molecular flexibility index (Phi) is 6.42. The molecule has 1 atom stereocenters. The van der Waals surface area contributed by atoms with Crippen molar-refractivity contribution in [1.29, 1.82) is 0 Å². The molecule has 0 spiro atoms. The molecule has 0 aromatic heterocycles. The lowest BCUT2D eigenvalue weighted by Gasteiger charge is -2.38. The van der Waals surface area contributed by atoms with Gasteiger partial charge in [-0.15, -0.1) is 0 Å². The summed E-state index contributed by atoms with van der Waals surface area (Å²) in [4.78, 5) is 25.6. The first kappa shape index (κ1) is 16.9. The van der Waals surface area contributed by atoms with Crippen molar-refractivity contribution >= 4 is 11.8 Å². The van der Waals surface area contributed by atoms with Crippen LogP contribution >= 0.6 is 0 Å². The highest BCUT2D eigenvalue weighted by atomic mass is 16.5. The number of hydrogen-bond acceptors (Lipinski definition) is 4. The van der Waals surface area contributed by atoms with Crippen molar-refractivity contribution in [3.05, 3.63) is 0 Å². The predicted molar refractivity (Wildman–Crippen MR) is 75.3 cm³/mol. The van der Waals surface area contributed by atoms with Gasteiger partial charge >= 0.3 is 0 Å². The number of methoxy groups -OCH3 is 1. The number of carbonyl (C=O) groups excluding carboxylic acids is 2. The minimum Gasteiger partial charge on any atom is -0.385 e. The molecular weight excluding hydrogens is 260 g/mol. The van der Waals surface area contributed by atoms with E-state index in [9.17, 15) is 9.59 Å². The van der Waals surface area contributed by atoms with E-state index in [1.807, 2.05) is 20.8 Å². The highest BCUT2D eigenvalue weighted by molar-refractivity contribution is 5.95. The average Bonchev–Trinajstić information content (AvgIpc) is 2.35. The normalized spacial score (nSPS) is 20.2. The molecule has 1 N–H and O–H groups in total. The summed E-state index contributed by atoms with van der Waals surface area (Å²) in [6.07, 6.45) is 0.829. The van der Waals surface area contributed by atoms with Gasteiger partial charge in [-0.1, -0.05) is 20.8 Å². The Bertz CT molecular complexity index is 339. The van der Waals surface area contributed by atoms with Crippen LogP contribution in [0, 0.1) is 5.41 Å². The summed E-state index contributed by atoms with van der Waals surface area (Å²) in [6, 6.07) is -0.461. The van der Waals surface area contributed by atoms with Gasteiger partial charge in [0.15, 0.2) is 0 Å². The maximum atomic E-state index is 12.3. The van der Waals surface area contributed by atoms with Crippen molar-refractivity contribution < 1.29 is 19.1 Å². The van der Waals surface area contributed by atoms with Crippen LogP contribution in [0.25, 0.3) is 0 Å². The molecule has 0 saturated carbocycles. The molecule has 1 heterocycles. The summed E-state index contributed by atoms with van der Waals surface area (Å²) in [6.45, 7) is 8.11. The van der Waals surface area contributed by atoms with Gasteiger partial charge in [-0.25, -0.2) is 0 Å². The van der Waals surface area contributed by atoms with E-state index in [-0.39, 0.29) is 23.8 Å². The predicted octanol–water partition coefficient (Wildman–Crippen LogP) is 0.413. The maximum Gasteiger partial charge on any atom is 0.246 e. The van der Waals surface area contributed by atoms with Gasteiger partial charge in [0.05, 0.1) is 13.2 Å². The van der Waals surface area contributed by atoms with Crippen LogP contribution < -0.4 is 5.32 Å². The summed E-state index contributed by atoms with van der Waals surface area (Å²) in [5.41, 5.74) is -0.287. The summed E-state index contributed by atoms with van der Waals surface area (Å²) >= 11 is 0. The number of rotatable bonds is 7. The lowest BCUT2D eigenvalue weighted by Crippen LogP contribution is -2.62. The number of hydrogen-bond donors (Lipinski definition) is 1. The molecule has 1 fully saturated rings. The molecule has 1 rings (SSSR count). The van der Waals surface area contributed by atoms with Crippen LogP contribution in [0.1, 0.15) is 27.2 Å². The van der Waals surface area contributed by atoms with Crippen LogP contribution in [-0.2, 0) is 19.1 Å². The van der Waals surface area contributed by atoms with E-state index in [2.05, 4.69) is 5.32 Å². The zero-order valence-corrected chi connectivity index (χ0v) is 12.9. The molecule has 20 heavy (non-hydrogen) atoms. The quantitative estimate of drug-likeness (QED) is 0.688. The second kappa shape index (κ2) is 7.59. The van der Waals surface area contributed by atoms with Crippen LogP contribution in [0.5, 0.6) is 0 Å². The van der Waals surface area contributed by atoms with E-state index in [1.165, 1.54) is 0 Å². The van der Waals surface area contributed by atoms with Crippen molar-refractivity contribution in [2.24, 2.45) is 5.41 Å². The lowest BCUT2D eigenvalue weighted by atomic mass is 9.85. The van der Waals surface area contributed by atoms with Crippen LogP contribution in [0.2, 0.25) is 0 Å². The molecule has 2 amide bonds. The molecule has 0 aliphatic carbocycles. The van der Waals surface area contributed by atoms with Gasteiger partial charge in [-0.2, -0.15) is 0 Å². The smallest absolute Gasteiger partial charge is 0.246 e. The molecule has 0 aromatic carbocycles. The van der Waals surface area contributed by atoms with Crippen molar-refractivity contribution in [1.82, 2.24) is 10.2 Å². The van der Waals surface area contributed by atoms with Crippen molar-refractivity contribution in [3.8, 4) is 0 Å². The van der Waals surface area contributed by atoms with E-state index in [0.29, 0.717) is 26.4 Å². The van der Waals surface area contributed by atoms with E-state index in [4.69, 9.17) is 9.47 Å². The van der Waals surface area contributed by atoms with Crippen LogP contribution in [-0.4, -0.2) is 62.8 Å². The fourth-order valence-electron chi connectivity index (χ4n) is 2.06. The Morgan fingerprint density at radius 1 is 1.25 bits per heavy atom. The monoisotopic (exact) mass is 286 g/mol. The van der Waals surface area contributed by atoms with Gasteiger partial charge in [0.2, 0.25) is 11.8 Å². The SMILES string of the molecule is COCCCOCCN1CC(=O)NC(C(C)(C)C)C1=O. The first-order valence-electron chi connectivity index (χ1n) is 7.01. The molecule has 1 saturated heterocycles. The van der Waals surface area contributed by atoms with Crippen LogP contribution in [0.15, 0.2) is 0 Å². The number of carbonyl (C=O) groups is 2. The molecule has 6 nitrogen and oxygen atoms in total. The van der Waals surface area contributed by atoms with Gasteiger partial charge < -0.3 is 19.7 Å². The molecule has 0 radical (unpaired) electrons. The number of ether oxygens (including phenoxy) is 2. The number of nitrogens with one attached hydrogen (secondary N) is 1. The largest absolute Gasteiger partial charge is 0.385 e. The Balaban J connectivity index is 2.40. The fourth-order valence-corrected chi connectivity index (χ4v) is 2.06. The highest BCUT2D eigenvalue weighted by Crippen LogP contribution is 2.23. The minimum atomic E-state index is -0.461. The van der Waals surface area contributed by atoms with Gasteiger partial charge in [-0.3, -0.25) is 9.59 Å². The standard InChI is InChI=1S/C14H26N2O4/c1-14(2,3)12-13(18)16(10-11(17)15-12)6-9-20-8-5-7-19-4/h12H,5-10H2,1-4H3,(H,15,17). The Labute approximate surface area is 120 Å². The van der Waals surface area contributed by atoms with E-state index >= 15 is 0 Å². The second-order valence-corrected chi connectivity index (χ2v) is 6.09. The van der Waals surface area contributed by atoms with Crippen LogP contribution in [0.3, 0.4) is 0 Å². The van der Waals surface area contributed by atoms with E-state index < -0.39 is 6.04 Å². The lowest BCUT2D eigenvalue weighted by molar-refractivity contribution is -0.148. The van der Waals surface area contributed by atoms with Crippen molar-refractivity contribution in [2.45, 2.75) is 33.2 Å². The van der Waals surface area contributed by atoms with Gasteiger partial charge in [0, 0.05) is 26.9 Å². The number of amides is 2. The average molecular weight is 286 g/mol. The number of piperazine rings is 1. The first-order valence-corrected chi connectivity index (χ1v) is 7.01. The first-order chi connectivity index (χ1) is 9.36. The van der Waals surface area contributed by atoms with Crippen LogP contribution in [0.4, 0.5) is 0 Å². The van der Waals surface area contributed by atoms with Crippen molar-refractivity contribution in [2.75, 3.05) is 40.0 Å². The fraction of sp³-hybridized carbons (Fsp3) is 0.857. The molecule has 1 aliphatic rings. The van der Waals surface area contributed by atoms with E-state index in [1.54, 1.807) is 12.0 Å². The Morgan fingerprint density at radius 3 is 2.55 bits per heavy atom. The molecule has 1 aliphatic heterocycles. The molecule has 1 unspecified atom stereocenters. The van der Waals surface area contributed by atoms with Gasteiger partial charge in [0.25, 0.3) is 0 Å². The summed E-state index contributed by atoms with van der Waals surface area (Å²) < 4.78 is 10.4. The van der Waals surface area contributed by atoms with E-state index in [0.717, 1.165) is 6.42 Å². The van der Waals surface area contributed by atoms with Crippen molar-refractivity contribution in [3.63, 3.8) is 0 Å². The van der Waals surface area contributed by atoms with Gasteiger partial charge in [0.1, 0.15) is 6.04 Å². The zero-order valence-electron chi connectivity index (χ0n) is 12.9. The Hall–Kier alpha value is -1.14. The minimum absolute atomic E-state index is 0.0300. The van der Waals surface area contributed by atoms with Gasteiger partial charge in [-0.05, 0) is 11.8 Å². The molecule has 0 bridgehead atoms. The topological polar surface area (TPSA) is 67.9 Å². The Morgan fingerprint density at radius 2 is 1.95 bits per heavy atom. The molecule has 116 valence electrons. The molecular formula is C14H26N2O4. The highest BCUT2D eigenvalue weighted by Gasteiger charge is 2.39. The zero-order chi connectivity index (χ0) is 15.2.